The van der Waals surface area contributed by atoms with E-state index < -0.39 is 24.0 Å². The second-order valence-corrected chi connectivity index (χ2v) is 5.72. The smallest absolute Gasteiger partial charge is 0.416 e. The maximum absolute atomic E-state index is 13.4. The van der Waals surface area contributed by atoms with Gasteiger partial charge in [0, 0.05) is 12.6 Å². The average Bonchev–Trinajstić information content (AvgIpc) is 2.92. The Balaban J connectivity index is 2.10. The number of nitrogens with zero attached hydrogens (tertiary/aromatic N) is 4. The van der Waals surface area contributed by atoms with Crippen molar-refractivity contribution in [1.29, 1.82) is 0 Å². The highest BCUT2D eigenvalue weighted by atomic mass is 35.5. The fourth-order valence-electron chi connectivity index (χ4n) is 2.37. The molecule has 0 atom stereocenters. The predicted molar refractivity (Wildman–Crippen MR) is 87.4 cm³/mol. The number of halogens is 4. The first-order valence-electron chi connectivity index (χ1n) is 7.35. The summed E-state index contributed by atoms with van der Waals surface area (Å²) in [5.74, 6) is 0.226. The van der Waals surface area contributed by atoms with Gasteiger partial charge >= 0.3 is 11.9 Å². The van der Waals surface area contributed by atoms with Crippen LogP contribution in [0.5, 0.6) is 5.75 Å². The molecule has 0 amide bonds. The number of alkyl halides is 3. The average molecular weight is 385 g/mol. The first kappa shape index (κ1) is 18.0. The Morgan fingerprint density at radius 2 is 1.85 bits per heavy atom. The first-order valence-corrected chi connectivity index (χ1v) is 7.72. The van der Waals surface area contributed by atoms with Crippen molar-refractivity contribution in [2.75, 3.05) is 0 Å². The van der Waals surface area contributed by atoms with E-state index >= 15 is 0 Å². The lowest BCUT2D eigenvalue weighted by atomic mass is 10.1. The summed E-state index contributed by atoms with van der Waals surface area (Å²) in [4.78, 5) is 12.1. The van der Waals surface area contributed by atoms with Gasteiger partial charge in [0.1, 0.15) is 12.4 Å². The third-order valence-corrected chi connectivity index (χ3v) is 3.93. The zero-order chi connectivity index (χ0) is 18.9. The highest BCUT2D eigenvalue weighted by molar-refractivity contribution is 6.32. The number of benzene rings is 2. The maximum Gasteiger partial charge on any atom is 0.416 e. The molecule has 0 radical (unpaired) electrons. The van der Waals surface area contributed by atoms with E-state index in [1.54, 1.807) is 18.2 Å². The molecule has 6 nitrogen and oxygen atoms in total. The van der Waals surface area contributed by atoms with Crippen LogP contribution in [0.4, 0.5) is 13.2 Å². The molecule has 26 heavy (non-hydrogen) atoms. The molecule has 0 saturated heterocycles. The first-order chi connectivity index (χ1) is 12.3. The summed E-state index contributed by atoms with van der Waals surface area (Å²) in [5.41, 5.74) is -1.92. The summed E-state index contributed by atoms with van der Waals surface area (Å²) in [6.45, 7) is -0.461. The largest absolute Gasteiger partial charge is 0.487 e. The lowest BCUT2D eigenvalue weighted by Crippen LogP contribution is -2.24. The van der Waals surface area contributed by atoms with Gasteiger partial charge in [0.15, 0.2) is 0 Å². The van der Waals surface area contributed by atoms with Gasteiger partial charge in [-0.1, -0.05) is 29.8 Å². The number of ether oxygens (including phenoxy) is 1. The van der Waals surface area contributed by atoms with Gasteiger partial charge in [0.25, 0.3) is 0 Å². The lowest BCUT2D eigenvalue weighted by molar-refractivity contribution is -0.138. The topological polar surface area (TPSA) is 61.9 Å². The van der Waals surface area contributed by atoms with Gasteiger partial charge in [-0.2, -0.15) is 22.5 Å². The second kappa shape index (κ2) is 6.83. The summed E-state index contributed by atoms with van der Waals surface area (Å²) in [5, 5.41) is 7.40. The molecular formula is C16H12ClF3N4O2. The molecule has 136 valence electrons. The molecule has 0 N–H and O–H groups in total. The Hall–Kier alpha value is -2.81. The van der Waals surface area contributed by atoms with E-state index in [2.05, 4.69) is 10.4 Å². The van der Waals surface area contributed by atoms with Crippen molar-refractivity contribution in [2.24, 2.45) is 7.05 Å². The van der Waals surface area contributed by atoms with E-state index in [-0.39, 0.29) is 22.0 Å². The van der Waals surface area contributed by atoms with E-state index in [0.717, 1.165) is 15.4 Å². The van der Waals surface area contributed by atoms with Crippen molar-refractivity contribution < 1.29 is 17.9 Å². The van der Waals surface area contributed by atoms with Crippen LogP contribution in [-0.4, -0.2) is 19.8 Å². The Morgan fingerprint density at radius 3 is 2.46 bits per heavy atom. The van der Waals surface area contributed by atoms with Crippen LogP contribution in [0.2, 0.25) is 5.02 Å². The highest BCUT2D eigenvalue weighted by Gasteiger charge is 2.35. The van der Waals surface area contributed by atoms with E-state index in [0.29, 0.717) is 0 Å². The van der Waals surface area contributed by atoms with Crippen LogP contribution in [0.25, 0.3) is 5.69 Å². The number of hydrogen-bond acceptors (Lipinski definition) is 4. The van der Waals surface area contributed by atoms with Crippen molar-refractivity contribution in [3.8, 4) is 11.4 Å². The van der Waals surface area contributed by atoms with Gasteiger partial charge in [-0.15, -0.1) is 0 Å². The molecule has 0 fully saturated rings. The molecule has 0 aliphatic heterocycles. The van der Waals surface area contributed by atoms with E-state index in [4.69, 9.17) is 16.3 Å². The van der Waals surface area contributed by atoms with Gasteiger partial charge < -0.3 is 4.74 Å². The summed E-state index contributed by atoms with van der Waals surface area (Å²) in [6.07, 6.45) is -4.64. The maximum atomic E-state index is 13.4. The Kier molecular flexibility index (Phi) is 4.73. The van der Waals surface area contributed by atoms with Crippen LogP contribution < -0.4 is 10.4 Å². The third-order valence-electron chi connectivity index (χ3n) is 3.62. The Labute approximate surface area is 150 Å². The number of rotatable bonds is 4. The minimum Gasteiger partial charge on any atom is -0.487 e. The molecule has 0 bridgehead atoms. The highest BCUT2D eigenvalue weighted by Crippen LogP contribution is 2.35. The minimum atomic E-state index is -4.64. The molecule has 0 aliphatic carbocycles. The molecule has 0 spiro atoms. The standard InChI is InChI=1S/C16H12ClF3N4O2/c1-23-15(25)24(22-21-23)13-7-4-5-11(16(18,19)20)10(13)9-26-14-8-3-2-6-12(14)17/h2-8H,9H2,1H3. The SMILES string of the molecule is Cn1nnn(-c2cccc(C(F)(F)F)c2COc2ccccc2Cl)c1=O. The van der Waals surface area contributed by atoms with E-state index in [1.165, 1.54) is 25.2 Å². The van der Waals surface area contributed by atoms with Crippen LogP contribution in [0.3, 0.4) is 0 Å². The monoisotopic (exact) mass is 384 g/mol. The van der Waals surface area contributed by atoms with Crippen LogP contribution in [0, 0.1) is 0 Å². The summed E-state index contributed by atoms with van der Waals surface area (Å²) in [7, 11) is 1.35. The number of aromatic nitrogens is 4. The van der Waals surface area contributed by atoms with Gasteiger partial charge in [-0.05, 0) is 34.7 Å². The summed E-state index contributed by atoms with van der Waals surface area (Å²) < 4.78 is 47.5. The zero-order valence-electron chi connectivity index (χ0n) is 13.4. The molecule has 1 heterocycles. The van der Waals surface area contributed by atoms with Gasteiger partial charge in [-0.25, -0.2) is 4.79 Å². The van der Waals surface area contributed by atoms with Crippen LogP contribution in [0.15, 0.2) is 47.3 Å². The van der Waals surface area contributed by atoms with Crippen LogP contribution >= 0.6 is 11.6 Å². The van der Waals surface area contributed by atoms with Crippen LogP contribution in [-0.2, 0) is 19.8 Å². The van der Waals surface area contributed by atoms with Crippen molar-refractivity contribution in [3.63, 3.8) is 0 Å². The fraction of sp³-hybridized carbons (Fsp3) is 0.188. The third kappa shape index (κ3) is 3.43. The molecule has 0 unspecified atom stereocenters. The van der Waals surface area contributed by atoms with E-state index in [9.17, 15) is 18.0 Å². The van der Waals surface area contributed by atoms with Crippen molar-refractivity contribution in [1.82, 2.24) is 19.8 Å². The van der Waals surface area contributed by atoms with Crippen molar-refractivity contribution in [2.45, 2.75) is 12.8 Å². The summed E-state index contributed by atoms with van der Waals surface area (Å²) >= 11 is 5.98. The number of aryl methyl sites for hydroxylation is 1. The molecule has 3 aromatic rings. The molecule has 3 rings (SSSR count). The quantitative estimate of drug-likeness (QED) is 0.693. The molecule has 10 heteroatoms. The number of tetrazole rings is 1. The van der Waals surface area contributed by atoms with E-state index in [1.807, 2.05) is 0 Å². The van der Waals surface area contributed by atoms with Gasteiger partial charge in [0.2, 0.25) is 0 Å². The minimum absolute atomic E-state index is 0.0648. The number of hydrogen-bond donors (Lipinski definition) is 0. The van der Waals surface area contributed by atoms with Crippen LogP contribution in [0.1, 0.15) is 11.1 Å². The summed E-state index contributed by atoms with van der Waals surface area (Å²) in [6, 6.07) is 9.85. The Bertz CT molecular complexity index is 998. The molecule has 1 aromatic heterocycles. The van der Waals surface area contributed by atoms with Crippen molar-refractivity contribution in [3.05, 3.63) is 69.1 Å². The predicted octanol–water partition coefficient (Wildman–Crippen LogP) is 3.22. The Morgan fingerprint density at radius 1 is 1.12 bits per heavy atom. The molecule has 0 saturated carbocycles. The van der Waals surface area contributed by atoms with Gasteiger partial charge in [-0.3, -0.25) is 0 Å². The zero-order valence-corrected chi connectivity index (χ0v) is 14.1. The van der Waals surface area contributed by atoms with Crippen molar-refractivity contribution >= 4 is 11.6 Å². The number of para-hydroxylation sites is 1. The molecular weight excluding hydrogens is 373 g/mol. The molecule has 2 aromatic carbocycles. The molecule has 0 aliphatic rings. The fourth-order valence-corrected chi connectivity index (χ4v) is 2.56. The van der Waals surface area contributed by atoms with Gasteiger partial charge in [0.05, 0.1) is 16.3 Å². The normalized spacial score (nSPS) is 11.6. The second-order valence-electron chi connectivity index (χ2n) is 5.32. The lowest BCUT2D eigenvalue weighted by Gasteiger charge is -2.17.